The number of imidazole rings is 1. The van der Waals surface area contributed by atoms with E-state index in [2.05, 4.69) is 25.1 Å². The van der Waals surface area contributed by atoms with Crippen LogP contribution in [-0.4, -0.2) is 34.5 Å². The second kappa shape index (κ2) is 2.99. The molecule has 2 N–H and O–H groups in total. The van der Waals surface area contributed by atoms with Gasteiger partial charge in [-0.2, -0.15) is 10.2 Å². The van der Waals surface area contributed by atoms with Gasteiger partial charge in [-0.25, -0.2) is 15.0 Å². The molecule has 0 aliphatic carbocycles. The molecule has 0 aliphatic rings. The number of nitrogens with two attached hydrogens (primary N) is 1. The van der Waals surface area contributed by atoms with E-state index in [0.717, 1.165) is 0 Å². The van der Waals surface area contributed by atoms with Crippen LogP contribution in [0.1, 0.15) is 0 Å². The lowest BCUT2D eigenvalue weighted by molar-refractivity contribution is 0.674. The molecular weight excluding hydrogens is 208 g/mol. The molecule has 3 rings (SSSR count). The highest BCUT2D eigenvalue weighted by molar-refractivity contribution is 5.82. The summed E-state index contributed by atoms with van der Waals surface area (Å²) in [6.07, 6.45) is 4.56. The molecule has 3 aromatic heterocycles. The fourth-order valence-electron chi connectivity index (χ4n) is 1.50. The van der Waals surface area contributed by atoms with Gasteiger partial charge in [-0.3, -0.25) is 4.57 Å². The van der Waals surface area contributed by atoms with Gasteiger partial charge in [0.15, 0.2) is 17.0 Å². The monoisotopic (exact) mass is 216 g/mol. The molecule has 3 aromatic rings. The van der Waals surface area contributed by atoms with Crippen LogP contribution in [0.5, 0.6) is 0 Å². The van der Waals surface area contributed by atoms with Crippen molar-refractivity contribution in [3.05, 3.63) is 18.7 Å². The second-order valence-electron chi connectivity index (χ2n) is 3.22. The molecule has 0 aromatic carbocycles. The number of hydrogen-bond donors (Lipinski definition) is 1. The van der Waals surface area contributed by atoms with Gasteiger partial charge >= 0.3 is 0 Å². The SMILES string of the molecule is Cn1c(-n2nccn2)nc2c(N)ncnc21. The summed E-state index contributed by atoms with van der Waals surface area (Å²) in [5.74, 6) is 0.895. The van der Waals surface area contributed by atoms with E-state index >= 15 is 0 Å². The van der Waals surface area contributed by atoms with E-state index in [0.29, 0.717) is 22.9 Å². The van der Waals surface area contributed by atoms with Crippen molar-refractivity contribution in [1.29, 1.82) is 0 Å². The Morgan fingerprint density at radius 3 is 2.62 bits per heavy atom. The van der Waals surface area contributed by atoms with Crippen molar-refractivity contribution in [2.45, 2.75) is 0 Å². The summed E-state index contributed by atoms with van der Waals surface area (Å²) in [4.78, 5) is 13.7. The molecule has 0 fully saturated rings. The van der Waals surface area contributed by atoms with Crippen LogP contribution >= 0.6 is 0 Å². The van der Waals surface area contributed by atoms with Gasteiger partial charge in [-0.05, 0) is 0 Å². The minimum absolute atomic E-state index is 0.346. The van der Waals surface area contributed by atoms with E-state index < -0.39 is 0 Å². The standard InChI is InChI=1S/C8H8N8/c1-15-7-5(6(9)10-4-11-7)14-8(15)16-12-2-3-13-16/h2-4H,1H3,(H2,9,10,11). The lowest BCUT2D eigenvalue weighted by Crippen LogP contribution is -2.06. The number of rotatable bonds is 1. The molecule has 16 heavy (non-hydrogen) atoms. The molecule has 0 aliphatic heterocycles. The maximum Gasteiger partial charge on any atom is 0.251 e. The smallest absolute Gasteiger partial charge is 0.251 e. The van der Waals surface area contributed by atoms with Crippen LogP contribution in [0.2, 0.25) is 0 Å². The zero-order chi connectivity index (χ0) is 11.1. The van der Waals surface area contributed by atoms with Gasteiger partial charge in [0.05, 0.1) is 12.4 Å². The molecule has 8 nitrogen and oxygen atoms in total. The van der Waals surface area contributed by atoms with E-state index in [1.54, 1.807) is 17.0 Å². The molecule has 80 valence electrons. The summed E-state index contributed by atoms with van der Waals surface area (Å²) in [6, 6.07) is 0. The lowest BCUT2D eigenvalue weighted by Gasteiger charge is -1.98. The molecule has 0 bridgehead atoms. The van der Waals surface area contributed by atoms with Gasteiger partial charge < -0.3 is 5.73 Å². The van der Waals surface area contributed by atoms with Crippen LogP contribution < -0.4 is 5.73 Å². The minimum atomic E-state index is 0.346. The van der Waals surface area contributed by atoms with E-state index in [-0.39, 0.29) is 0 Å². The van der Waals surface area contributed by atoms with Gasteiger partial charge in [0.1, 0.15) is 6.33 Å². The molecule has 0 spiro atoms. The van der Waals surface area contributed by atoms with E-state index in [9.17, 15) is 0 Å². The van der Waals surface area contributed by atoms with Crippen molar-refractivity contribution >= 4 is 17.0 Å². The molecule has 3 heterocycles. The Morgan fingerprint density at radius 2 is 1.94 bits per heavy atom. The summed E-state index contributed by atoms with van der Waals surface area (Å²) >= 11 is 0. The molecule has 0 saturated carbocycles. The molecular formula is C8H8N8. The maximum absolute atomic E-state index is 5.71. The predicted octanol–water partition coefficient (Wildman–Crippen LogP) is -0.474. The molecule has 0 amide bonds. The van der Waals surface area contributed by atoms with Crippen molar-refractivity contribution < 1.29 is 0 Å². The third-order valence-corrected chi connectivity index (χ3v) is 2.26. The highest BCUT2D eigenvalue weighted by atomic mass is 15.5. The Hall–Kier alpha value is -2.51. The Bertz CT molecular complexity index is 637. The summed E-state index contributed by atoms with van der Waals surface area (Å²) in [6.45, 7) is 0. The van der Waals surface area contributed by atoms with Crippen molar-refractivity contribution in [2.24, 2.45) is 7.05 Å². The lowest BCUT2D eigenvalue weighted by atomic mass is 10.5. The first-order valence-electron chi connectivity index (χ1n) is 4.57. The van der Waals surface area contributed by atoms with Crippen molar-refractivity contribution in [3.8, 4) is 5.95 Å². The highest BCUT2D eigenvalue weighted by Crippen LogP contribution is 2.17. The number of nitrogens with zero attached hydrogens (tertiary/aromatic N) is 7. The zero-order valence-corrected chi connectivity index (χ0v) is 8.44. The first kappa shape index (κ1) is 8.77. The van der Waals surface area contributed by atoms with Crippen LogP contribution in [0.15, 0.2) is 18.7 Å². The number of anilines is 1. The quantitative estimate of drug-likeness (QED) is 0.590. The van der Waals surface area contributed by atoms with Gasteiger partial charge in [-0.15, -0.1) is 4.80 Å². The van der Waals surface area contributed by atoms with Gasteiger partial charge in [0.25, 0.3) is 5.95 Å². The van der Waals surface area contributed by atoms with Gasteiger partial charge in [-0.1, -0.05) is 0 Å². The first-order chi connectivity index (χ1) is 7.77. The van der Waals surface area contributed by atoms with Crippen LogP contribution in [0, 0.1) is 0 Å². The third-order valence-electron chi connectivity index (χ3n) is 2.26. The average molecular weight is 216 g/mol. The number of aromatic nitrogens is 7. The normalized spacial score (nSPS) is 11.1. The van der Waals surface area contributed by atoms with E-state index in [1.807, 2.05) is 7.05 Å². The topological polar surface area (TPSA) is 100 Å². The van der Waals surface area contributed by atoms with Crippen LogP contribution in [0.3, 0.4) is 0 Å². The summed E-state index contributed by atoms with van der Waals surface area (Å²) < 4.78 is 1.76. The van der Waals surface area contributed by atoms with Crippen molar-refractivity contribution in [2.75, 3.05) is 5.73 Å². The number of nitrogen functional groups attached to an aromatic ring is 1. The number of fused-ring (bicyclic) bond motifs is 1. The Morgan fingerprint density at radius 1 is 1.19 bits per heavy atom. The van der Waals surface area contributed by atoms with E-state index in [4.69, 9.17) is 5.73 Å². The minimum Gasteiger partial charge on any atom is -0.382 e. The zero-order valence-electron chi connectivity index (χ0n) is 8.44. The molecule has 0 radical (unpaired) electrons. The van der Waals surface area contributed by atoms with Crippen molar-refractivity contribution in [3.63, 3.8) is 0 Å². The predicted molar refractivity (Wildman–Crippen MR) is 55.6 cm³/mol. The Balaban J connectivity index is 2.36. The van der Waals surface area contributed by atoms with Gasteiger partial charge in [0.2, 0.25) is 0 Å². The summed E-state index contributed by atoms with van der Waals surface area (Å²) in [7, 11) is 1.82. The molecule has 8 heteroatoms. The highest BCUT2D eigenvalue weighted by Gasteiger charge is 2.13. The fourth-order valence-corrected chi connectivity index (χ4v) is 1.50. The van der Waals surface area contributed by atoms with E-state index in [1.165, 1.54) is 11.1 Å². The molecule has 0 unspecified atom stereocenters. The maximum atomic E-state index is 5.71. The first-order valence-corrected chi connectivity index (χ1v) is 4.57. The van der Waals surface area contributed by atoms with Crippen LogP contribution in [0.4, 0.5) is 5.82 Å². The molecule has 0 atom stereocenters. The summed E-state index contributed by atoms with van der Waals surface area (Å²) in [5, 5.41) is 8.01. The average Bonchev–Trinajstić information content (AvgIpc) is 2.88. The van der Waals surface area contributed by atoms with Crippen molar-refractivity contribution in [1.82, 2.24) is 34.5 Å². The van der Waals surface area contributed by atoms with Crippen LogP contribution in [-0.2, 0) is 7.05 Å². The summed E-state index contributed by atoms with van der Waals surface area (Å²) in [5.41, 5.74) is 6.92. The Labute approximate surface area is 89.7 Å². The fraction of sp³-hybridized carbons (Fsp3) is 0.125. The number of aryl methyl sites for hydroxylation is 1. The largest absolute Gasteiger partial charge is 0.382 e. The third kappa shape index (κ3) is 1.06. The Kier molecular flexibility index (Phi) is 1.64. The second-order valence-corrected chi connectivity index (χ2v) is 3.22. The molecule has 0 saturated heterocycles. The van der Waals surface area contributed by atoms with Gasteiger partial charge in [0, 0.05) is 7.05 Å². The van der Waals surface area contributed by atoms with Crippen LogP contribution in [0.25, 0.3) is 17.1 Å². The number of hydrogen-bond acceptors (Lipinski definition) is 6.